The van der Waals surface area contributed by atoms with Crippen molar-refractivity contribution in [3.63, 3.8) is 0 Å². The van der Waals surface area contributed by atoms with Crippen molar-refractivity contribution in [3.05, 3.63) is 101 Å². The van der Waals surface area contributed by atoms with E-state index in [-0.39, 0.29) is 22.2 Å². The van der Waals surface area contributed by atoms with E-state index in [0.29, 0.717) is 10.9 Å². The van der Waals surface area contributed by atoms with Gasteiger partial charge in [-0.1, -0.05) is 42.5 Å². The standard InChI is InChI=1S/C24H20ClN3O3S/c1-16(17-11-13-19(25)14-12-17)27-24(29)20-8-2-3-9-21(20)28-32(30,31)22-10-4-6-18-7-5-15-26-23(18)22/h2-16,25H,1H3,(H-,27,28,29)/p+1/t16-/m0/s1. The highest BCUT2D eigenvalue weighted by Gasteiger charge is 2.22. The van der Waals surface area contributed by atoms with Crippen LogP contribution in [-0.2, 0) is 10.0 Å². The van der Waals surface area contributed by atoms with Gasteiger partial charge in [0.15, 0.2) is 11.6 Å². The van der Waals surface area contributed by atoms with Gasteiger partial charge in [0.05, 0.1) is 22.8 Å². The van der Waals surface area contributed by atoms with E-state index in [2.05, 4.69) is 15.0 Å². The second-order valence-corrected chi connectivity index (χ2v) is 9.37. The van der Waals surface area contributed by atoms with Gasteiger partial charge < -0.3 is 5.32 Å². The number of fused-ring (bicyclic) bond motifs is 1. The van der Waals surface area contributed by atoms with Crippen molar-refractivity contribution in [2.45, 2.75) is 17.9 Å². The molecule has 0 bridgehead atoms. The van der Waals surface area contributed by atoms with Crippen molar-refractivity contribution >= 4 is 32.5 Å². The van der Waals surface area contributed by atoms with Crippen LogP contribution in [0.1, 0.15) is 28.9 Å². The molecular weight excluding hydrogens is 446 g/mol. The van der Waals surface area contributed by atoms with E-state index in [1.54, 1.807) is 66.9 Å². The summed E-state index contributed by atoms with van der Waals surface area (Å²) in [5.74, 6) is -0.394. The molecule has 4 rings (SSSR count). The van der Waals surface area contributed by atoms with E-state index < -0.39 is 15.9 Å². The van der Waals surface area contributed by atoms with E-state index >= 15 is 0 Å². The Morgan fingerprint density at radius 1 is 0.938 bits per heavy atom. The number of hydrogen-bond donors (Lipinski definition) is 2. The monoisotopic (exact) mass is 466 g/mol. The Labute approximate surface area is 191 Å². The van der Waals surface area contributed by atoms with Crippen LogP contribution < -0.4 is 10.0 Å². The minimum absolute atomic E-state index is 0.0446. The van der Waals surface area contributed by atoms with Gasteiger partial charge in [-0.15, -0.1) is 0 Å². The number of hydrogen-bond acceptors (Lipinski definition) is 4. The second-order valence-electron chi connectivity index (χ2n) is 7.25. The molecule has 162 valence electrons. The summed E-state index contributed by atoms with van der Waals surface area (Å²) in [6.45, 7) is 1.85. The molecule has 1 atom stereocenters. The lowest BCUT2D eigenvalue weighted by Gasteiger charge is -2.17. The summed E-state index contributed by atoms with van der Waals surface area (Å²) in [5.41, 5.74) is 1.66. The number of carbonyl (C=O) groups excluding carboxylic acids is 1. The first-order chi connectivity index (χ1) is 15.3. The summed E-state index contributed by atoms with van der Waals surface area (Å²) in [5, 5.41) is 4.33. The molecule has 1 heterocycles. The average molecular weight is 467 g/mol. The van der Waals surface area contributed by atoms with Crippen LogP contribution in [0.2, 0.25) is 5.02 Å². The summed E-state index contributed by atoms with van der Waals surface area (Å²) in [6.07, 6.45) is 1.54. The predicted octanol–water partition coefficient (Wildman–Crippen LogP) is 4.22. The predicted molar refractivity (Wildman–Crippen MR) is 122 cm³/mol. The lowest BCUT2D eigenvalue weighted by molar-refractivity contribution is -0.288. The van der Waals surface area contributed by atoms with Crippen molar-refractivity contribution in [1.82, 2.24) is 10.3 Å². The third-order valence-corrected chi connectivity index (χ3v) is 6.70. The number of halogens is 1. The quantitative estimate of drug-likeness (QED) is 0.445. The molecule has 0 spiro atoms. The highest BCUT2D eigenvalue weighted by molar-refractivity contribution is 7.93. The second kappa shape index (κ2) is 8.98. The maximum absolute atomic E-state index is 13.2. The summed E-state index contributed by atoms with van der Waals surface area (Å²) in [6, 6.07) is 22.0. The Balaban J connectivity index is 1.62. The van der Waals surface area contributed by atoms with Crippen molar-refractivity contribution in [1.29, 1.82) is 0 Å². The van der Waals surface area contributed by atoms with E-state index in [1.807, 2.05) is 19.1 Å². The Hall–Kier alpha value is -3.42. The van der Waals surface area contributed by atoms with Crippen molar-refractivity contribution in [2.24, 2.45) is 0 Å². The van der Waals surface area contributed by atoms with E-state index in [1.165, 1.54) is 6.07 Å². The topological polar surface area (TPSA) is 88.2 Å². The Bertz CT molecular complexity index is 1380. The minimum Gasteiger partial charge on any atom is -0.345 e. The minimum atomic E-state index is -3.99. The van der Waals surface area contributed by atoms with Gasteiger partial charge in [0.25, 0.3) is 15.9 Å². The Kier molecular flexibility index (Phi) is 6.12. The van der Waals surface area contributed by atoms with Crippen molar-refractivity contribution in [3.8, 4) is 0 Å². The first-order valence-corrected chi connectivity index (χ1v) is 11.8. The lowest BCUT2D eigenvalue weighted by atomic mass is 10.1. The molecular formula is C24H21ClN3O3S+. The molecule has 4 aromatic rings. The summed E-state index contributed by atoms with van der Waals surface area (Å²) in [4.78, 5) is 17.2. The number of amides is 1. The molecule has 0 saturated heterocycles. The van der Waals surface area contributed by atoms with Crippen LogP contribution in [0.25, 0.3) is 10.9 Å². The Morgan fingerprint density at radius 3 is 2.44 bits per heavy atom. The fraction of sp³-hybridized carbons (Fsp3) is 0.0833. The van der Waals surface area contributed by atoms with Crippen LogP contribution in [0, 0.1) is 11.6 Å². The molecule has 0 aliphatic rings. The first kappa shape index (κ1) is 21.8. The maximum atomic E-state index is 13.2. The summed E-state index contributed by atoms with van der Waals surface area (Å²) < 4.78 is 28.9. The number of nitrogens with zero attached hydrogens (tertiary/aromatic N) is 1. The van der Waals surface area contributed by atoms with Gasteiger partial charge in [0, 0.05) is 23.7 Å². The molecule has 3 aromatic carbocycles. The molecule has 0 radical (unpaired) electrons. The van der Waals surface area contributed by atoms with Crippen molar-refractivity contribution < 1.29 is 24.8 Å². The molecule has 2 N–H and O–H groups in total. The Morgan fingerprint density at radius 2 is 1.66 bits per heavy atom. The zero-order chi connectivity index (χ0) is 22.7. The van der Waals surface area contributed by atoms with Gasteiger partial charge in [0.2, 0.25) is 5.02 Å². The molecule has 6 nitrogen and oxygen atoms in total. The SMILES string of the molecule is C[C@H](NC(=O)c1ccccc1NS(=O)(=O)c1cccc2cccnc12)c1ccc([ClH+])cc1. The largest absolute Gasteiger partial charge is 0.345 e. The first-order valence-electron chi connectivity index (χ1n) is 9.88. The molecule has 1 amide bonds. The van der Waals surface area contributed by atoms with E-state index in [0.717, 1.165) is 10.6 Å². The fourth-order valence-corrected chi connectivity index (χ4v) is 4.77. The van der Waals surface area contributed by atoms with Crippen molar-refractivity contribution in [2.75, 3.05) is 4.72 Å². The summed E-state index contributed by atoms with van der Waals surface area (Å²) in [7, 11) is -3.99. The third-order valence-electron chi connectivity index (χ3n) is 5.03. The van der Waals surface area contributed by atoms with Crippen LogP contribution in [0.15, 0.2) is 90.0 Å². The van der Waals surface area contributed by atoms with Gasteiger partial charge in [-0.2, -0.15) is 0 Å². The van der Waals surface area contributed by atoms with Crippen LogP contribution in [0.4, 0.5) is 5.69 Å². The highest BCUT2D eigenvalue weighted by Crippen LogP contribution is 2.25. The number of benzene rings is 3. The molecule has 8 heteroatoms. The molecule has 0 saturated carbocycles. The van der Waals surface area contributed by atoms with Gasteiger partial charge in [0.1, 0.15) is 4.90 Å². The number of aromatic nitrogens is 1. The average Bonchev–Trinajstić information content (AvgIpc) is 2.79. The van der Waals surface area contributed by atoms with Gasteiger partial charge in [-0.3, -0.25) is 14.5 Å². The lowest BCUT2D eigenvalue weighted by Crippen LogP contribution is -2.28. The number of anilines is 1. The number of pyridine rings is 1. The number of rotatable bonds is 6. The molecule has 0 fully saturated rings. The number of carbonyl (C=O) groups is 1. The molecule has 0 unspecified atom stereocenters. The van der Waals surface area contributed by atoms with Crippen LogP contribution in [0.5, 0.6) is 0 Å². The normalized spacial score (nSPS) is 12.3. The highest BCUT2D eigenvalue weighted by atomic mass is 35.5. The smallest absolute Gasteiger partial charge is 0.264 e. The third kappa shape index (κ3) is 4.59. The number of nitrogens with one attached hydrogen (secondary N) is 2. The van der Waals surface area contributed by atoms with Gasteiger partial charge >= 0.3 is 0 Å². The zero-order valence-electron chi connectivity index (χ0n) is 17.1. The van der Waals surface area contributed by atoms with Gasteiger partial charge in [-0.25, -0.2) is 8.42 Å². The molecule has 0 aliphatic carbocycles. The summed E-state index contributed by atoms with van der Waals surface area (Å²) >= 11 is 5.10. The van der Waals surface area contributed by atoms with Crippen LogP contribution in [0.3, 0.4) is 0 Å². The molecule has 0 aliphatic heterocycles. The zero-order valence-corrected chi connectivity index (χ0v) is 18.8. The van der Waals surface area contributed by atoms with Crippen LogP contribution >= 0.6 is 0 Å². The molecule has 1 aromatic heterocycles. The fourth-order valence-electron chi connectivity index (χ4n) is 3.38. The maximum Gasteiger partial charge on any atom is 0.264 e. The van der Waals surface area contributed by atoms with Gasteiger partial charge in [-0.05, 0) is 36.8 Å². The number of para-hydroxylation sites is 2. The van der Waals surface area contributed by atoms with E-state index in [4.69, 9.17) is 11.6 Å². The van der Waals surface area contributed by atoms with E-state index in [9.17, 15) is 13.2 Å². The molecule has 32 heavy (non-hydrogen) atoms. The van der Waals surface area contributed by atoms with Crippen LogP contribution in [-0.4, -0.2) is 19.3 Å². The number of sulfonamides is 1.